The molecule has 2 aliphatic heterocycles. The standard InChI is InChI=1S/C20H30N2O2/c1-16(2)21-19(23)18-8-9-20(15-24-18)10-12-22(13-11-20)14-17-6-4-3-5-7-17/h3-7,16,18H,8-15H2,1-2H3,(H,21,23). The van der Waals surface area contributed by atoms with Crippen LogP contribution in [0.1, 0.15) is 45.1 Å². The summed E-state index contributed by atoms with van der Waals surface area (Å²) < 4.78 is 5.96. The van der Waals surface area contributed by atoms with Crippen LogP contribution in [-0.2, 0) is 16.1 Å². The Hall–Kier alpha value is -1.39. The lowest BCUT2D eigenvalue weighted by Gasteiger charge is -2.45. The fourth-order valence-corrected chi connectivity index (χ4v) is 3.88. The minimum Gasteiger partial charge on any atom is -0.368 e. The number of hydrogen-bond acceptors (Lipinski definition) is 3. The number of amides is 1. The van der Waals surface area contributed by atoms with Crippen LogP contribution in [0.5, 0.6) is 0 Å². The molecule has 2 aliphatic rings. The molecule has 1 amide bonds. The third kappa shape index (κ3) is 4.37. The lowest BCUT2D eigenvalue weighted by Crippen LogP contribution is -2.49. The molecule has 1 spiro atoms. The molecule has 4 nitrogen and oxygen atoms in total. The van der Waals surface area contributed by atoms with Gasteiger partial charge >= 0.3 is 0 Å². The van der Waals surface area contributed by atoms with Crippen molar-refractivity contribution >= 4 is 5.91 Å². The molecule has 0 aliphatic carbocycles. The van der Waals surface area contributed by atoms with Gasteiger partial charge in [0.25, 0.3) is 0 Å². The van der Waals surface area contributed by atoms with Crippen LogP contribution in [-0.4, -0.2) is 42.6 Å². The molecular weight excluding hydrogens is 300 g/mol. The van der Waals surface area contributed by atoms with Crippen LogP contribution in [0.4, 0.5) is 0 Å². The summed E-state index contributed by atoms with van der Waals surface area (Å²) in [5, 5.41) is 2.97. The van der Waals surface area contributed by atoms with E-state index in [1.807, 2.05) is 13.8 Å². The highest BCUT2D eigenvalue weighted by atomic mass is 16.5. The molecule has 1 atom stereocenters. The van der Waals surface area contributed by atoms with Crippen LogP contribution in [0, 0.1) is 5.41 Å². The first-order chi connectivity index (χ1) is 11.6. The van der Waals surface area contributed by atoms with Gasteiger partial charge in [-0.2, -0.15) is 0 Å². The van der Waals surface area contributed by atoms with Crippen LogP contribution >= 0.6 is 0 Å². The molecule has 2 saturated heterocycles. The Kier molecular flexibility index (Phi) is 5.57. The predicted molar refractivity (Wildman–Crippen MR) is 95.6 cm³/mol. The molecule has 0 bridgehead atoms. The molecule has 4 heteroatoms. The lowest BCUT2D eigenvalue weighted by molar-refractivity contribution is -0.145. The van der Waals surface area contributed by atoms with Crippen LogP contribution in [0.25, 0.3) is 0 Å². The highest BCUT2D eigenvalue weighted by molar-refractivity contribution is 5.81. The molecule has 3 rings (SSSR count). The zero-order valence-electron chi connectivity index (χ0n) is 15.0. The van der Waals surface area contributed by atoms with Crippen molar-refractivity contribution in [2.24, 2.45) is 5.41 Å². The number of likely N-dealkylation sites (tertiary alicyclic amines) is 1. The van der Waals surface area contributed by atoms with Crippen molar-refractivity contribution in [2.45, 2.75) is 58.2 Å². The Morgan fingerprint density at radius 1 is 1.25 bits per heavy atom. The molecule has 0 saturated carbocycles. The third-order valence-electron chi connectivity index (χ3n) is 5.42. The molecular formula is C20H30N2O2. The summed E-state index contributed by atoms with van der Waals surface area (Å²) in [6.07, 6.45) is 4.08. The first kappa shape index (κ1) is 17.4. The van der Waals surface area contributed by atoms with Gasteiger partial charge in [0.15, 0.2) is 0 Å². The topological polar surface area (TPSA) is 41.6 Å². The zero-order chi connectivity index (χ0) is 17.0. The molecule has 1 aromatic carbocycles. The van der Waals surface area contributed by atoms with Gasteiger partial charge in [0, 0.05) is 12.6 Å². The summed E-state index contributed by atoms with van der Waals surface area (Å²) in [6.45, 7) is 8.01. The van der Waals surface area contributed by atoms with Crippen molar-refractivity contribution < 1.29 is 9.53 Å². The molecule has 0 radical (unpaired) electrons. The van der Waals surface area contributed by atoms with Crippen LogP contribution in [0.3, 0.4) is 0 Å². The normalized spacial score (nSPS) is 24.2. The van der Waals surface area contributed by atoms with Crippen molar-refractivity contribution in [1.29, 1.82) is 0 Å². The van der Waals surface area contributed by atoms with E-state index < -0.39 is 0 Å². The van der Waals surface area contributed by atoms with Crippen LogP contribution in [0.15, 0.2) is 30.3 Å². The van der Waals surface area contributed by atoms with Gasteiger partial charge in [0.2, 0.25) is 5.91 Å². The van der Waals surface area contributed by atoms with Crippen LogP contribution in [0.2, 0.25) is 0 Å². The Balaban J connectivity index is 1.46. The number of nitrogens with zero attached hydrogens (tertiary/aromatic N) is 1. The summed E-state index contributed by atoms with van der Waals surface area (Å²) in [6, 6.07) is 10.9. The molecule has 0 aromatic heterocycles. The number of piperidine rings is 1. The number of rotatable bonds is 4. The third-order valence-corrected chi connectivity index (χ3v) is 5.42. The summed E-state index contributed by atoms with van der Waals surface area (Å²) >= 11 is 0. The van der Waals surface area contributed by atoms with Gasteiger partial charge in [-0.1, -0.05) is 30.3 Å². The number of carbonyl (C=O) groups excluding carboxylic acids is 1. The molecule has 2 fully saturated rings. The largest absolute Gasteiger partial charge is 0.368 e. The van der Waals surface area contributed by atoms with Gasteiger partial charge in [0.05, 0.1) is 6.61 Å². The van der Waals surface area contributed by atoms with E-state index >= 15 is 0 Å². The lowest BCUT2D eigenvalue weighted by atomic mass is 9.73. The van der Waals surface area contributed by atoms with E-state index in [0.29, 0.717) is 5.41 Å². The van der Waals surface area contributed by atoms with E-state index in [4.69, 9.17) is 4.74 Å². The van der Waals surface area contributed by atoms with Crippen LogP contribution < -0.4 is 5.32 Å². The second-order valence-corrected chi connectivity index (χ2v) is 7.76. The van der Waals surface area contributed by atoms with Crippen molar-refractivity contribution in [2.75, 3.05) is 19.7 Å². The van der Waals surface area contributed by atoms with Gasteiger partial charge in [-0.15, -0.1) is 0 Å². The van der Waals surface area contributed by atoms with Gasteiger partial charge in [-0.3, -0.25) is 9.69 Å². The molecule has 132 valence electrons. The maximum absolute atomic E-state index is 12.1. The fraction of sp³-hybridized carbons (Fsp3) is 0.650. The molecule has 24 heavy (non-hydrogen) atoms. The summed E-state index contributed by atoms with van der Waals surface area (Å²) in [5.74, 6) is 0.0568. The van der Waals surface area contributed by atoms with E-state index in [1.54, 1.807) is 0 Å². The number of hydrogen-bond donors (Lipinski definition) is 1. The maximum atomic E-state index is 12.1. The van der Waals surface area contributed by atoms with Gasteiger partial charge in [-0.25, -0.2) is 0 Å². The van der Waals surface area contributed by atoms with Gasteiger partial charge < -0.3 is 10.1 Å². The molecule has 1 N–H and O–H groups in total. The summed E-state index contributed by atoms with van der Waals surface area (Å²) in [4.78, 5) is 14.6. The number of nitrogens with one attached hydrogen (secondary N) is 1. The van der Waals surface area contributed by atoms with E-state index in [2.05, 4.69) is 40.5 Å². The minimum absolute atomic E-state index is 0.0568. The first-order valence-electron chi connectivity index (χ1n) is 9.25. The predicted octanol–water partition coefficient (Wildman–Crippen LogP) is 2.97. The monoisotopic (exact) mass is 330 g/mol. The Morgan fingerprint density at radius 2 is 1.96 bits per heavy atom. The SMILES string of the molecule is CC(C)NC(=O)C1CCC2(CCN(Cc3ccccc3)CC2)CO1. The number of carbonyl (C=O) groups is 1. The molecule has 1 unspecified atom stereocenters. The number of ether oxygens (including phenoxy) is 1. The van der Waals surface area contributed by atoms with Crippen molar-refractivity contribution in [3.8, 4) is 0 Å². The quantitative estimate of drug-likeness (QED) is 0.923. The fourth-order valence-electron chi connectivity index (χ4n) is 3.88. The average molecular weight is 330 g/mol. The van der Waals surface area contributed by atoms with E-state index in [9.17, 15) is 4.79 Å². The average Bonchev–Trinajstić information content (AvgIpc) is 2.58. The Morgan fingerprint density at radius 3 is 2.54 bits per heavy atom. The molecule has 1 aromatic rings. The van der Waals surface area contributed by atoms with Gasteiger partial charge in [0.1, 0.15) is 6.10 Å². The second kappa shape index (κ2) is 7.66. The van der Waals surface area contributed by atoms with E-state index in [-0.39, 0.29) is 18.1 Å². The van der Waals surface area contributed by atoms with E-state index in [1.165, 1.54) is 18.4 Å². The number of benzene rings is 1. The molecule has 2 heterocycles. The van der Waals surface area contributed by atoms with Crippen molar-refractivity contribution in [1.82, 2.24) is 10.2 Å². The van der Waals surface area contributed by atoms with Gasteiger partial charge in [-0.05, 0) is 63.6 Å². The van der Waals surface area contributed by atoms with Crippen molar-refractivity contribution in [3.05, 3.63) is 35.9 Å². The highest BCUT2D eigenvalue weighted by Gasteiger charge is 2.40. The van der Waals surface area contributed by atoms with E-state index in [0.717, 1.165) is 39.1 Å². The minimum atomic E-state index is -0.250. The zero-order valence-corrected chi connectivity index (χ0v) is 15.0. The Labute approximate surface area is 145 Å². The van der Waals surface area contributed by atoms with Crippen molar-refractivity contribution in [3.63, 3.8) is 0 Å². The first-order valence-corrected chi connectivity index (χ1v) is 9.25. The second-order valence-electron chi connectivity index (χ2n) is 7.76. The smallest absolute Gasteiger partial charge is 0.249 e. The maximum Gasteiger partial charge on any atom is 0.249 e. The summed E-state index contributed by atoms with van der Waals surface area (Å²) in [5.41, 5.74) is 1.68. The Bertz CT molecular complexity index is 526. The summed E-state index contributed by atoms with van der Waals surface area (Å²) in [7, 11) is 0. The highest BCUT2D eigenvalue weighted by Crippen LogP contribution is 2.40.